The van der Waals surface area contributed by atoms with Crippen LogP contribution in [-0.2, 0) is 17.4 Å². The summed E-state index contributed by atoms with van der Waals surface area (Å²) in [6, 6.07) is 10.2. The summed E-state index contributed by atoms with van der Waals surface area (Å²) in [5, 5.41) is 9.01. The predicted molar refractivity (Wildman–Crippen MR) is 130 cm³/mol. The van der Waals surface area contributed by atoms with Crippen LogP contribution >= 0.6 is 11.6 Å². The lowest BCUT2D eigenvalue weighted by Crippen LogP contribution is -2.27. The van der Waals surface area contributed by atoms with Gasteiger partial charge in [0.05, 0.1) is 22.5 Å². The van der Waals surface area contributed by atoms with Crippen LogP contribution in [0.4, 0.5) is 18.9 Å². The molecule has 3 nitrogen and oxygen atoms in total. The van der Waals surface area contributed by atoms with E-state index in [0.29, 0.717) is 24.1 Å². The number of alkyl halides is 3. The molecule has 0 aliphatic heterocycles. The van der Waals surface area contributed by atoms with Crippen molar-refractivity contribution in [3.05, 3.63) is 63.7 Å². The van der Waals surface area contributed by atoms with E-state index in [4.69, 9.17) is 11.6 Å². The van der Waals surface area contributed by atoms with Gasteiger partial charge in [0, 0.05) is 12.2 Å². The molecule has 3 rings (SSSR count). The fourth-order valence-electron chi connectivity index (χ4n) is 5.21. The van der Waals surface area contributed by atoms with Gasteiger partial charge in [-0.05, 0) is 93.2 Å². The van der Waals surface area contributed by atoms with E-state index in [1.807, 2.05) is 24.8 Å². The molecule has 0 spiro atoms. The molecule has 4 atom stereocenters. The average Bonchev–Trinajstić information content (AvgIpc) is 3.27. The summed E-state index contributed by atoms with van der Waals surface area (Å²) >= 11 is 5.82. The Morgan fingerprint density at radius 2 is 1.88 bits per heavy atom. The predicted octanol–water partition coefficient (Wildman–Crippen LogP) is 7.93. The van der Waals surface area contributed by atoms with Gasteiger partial charge in [-0.1, -0.05) is 36.7 Å². The minimum Gasteiger partial charge on any atom is -0.481 e. The number of carboxylic acid groups (broad SMARTS) is 1. The van der Waals surface area contributed by atoms with Crippen molar-refractivity contribution in [3.8, 4) is 0 Å². The summed E-state index contributed by atoms with van der Waals surface area (Å²) in [5.74, 6) is -0.179. The van der Waals surface area contributed by atoms with E-state index < -0.39 is 17.7 Å². The standard InChI is InChI=1S/C27H33ClF3NO2/c1-5-32(23-10-11-25(28)24(15-23)27(29,30)31)18(4)20-7-6-16(2)22(14-20)12-17(3)19-8-9-21(13-19)26(33)34/h6-7,10-11,14-15,17-19,21H,5,8-9,12-13H2,1-4H3,(H,33,34). The quantitative estimate of drug-likeness (QED) is 0.404. The number of aryl methyl sites for hydroxylation is 1. The maximum atomic E-state index is 13.4. The van der Waals surface area contributed by atoms with E-state index in [1.54, 1.807) is 6.07 Å². The van der Waals surface area contributed by atoms with Gasteiger partial charge in [0.25, 0.3) is 0 Å². The molecule has 0 heterocycles. The highest BCUT2D eigenvalue weighted by atomic mass is 35.5. The number of hydrogen-bond acceptors (Lipinski definition) is 2. The van der Waals surface area contributed by atoms with Gasteiger partial charge in [0.1, 0.15) is 0 Å². The summed E-state index contributed by atoms with van der Waals surface area (Å²) in [5.41, 5.74) is 3.07. The maximum Gasteiger partial charge on any atom is 0.417 e. The third-order valence-electron chi connectivity index (χ3n) is 7.42. The summed E-state index contributed by atoms with van der Waals surface area (Å²) in [4.78, 5) is 13.3. The van der Waals surface area contributed by atoms with E-state index in [-0.39, 0.29) is 17.0 Å². The normalized spacial score (nSPS) is 20.2. The van der Waals surface area contributed by atoms with Gasteiger partial charge in [0.2, 0.25) is 0 Å². The maximum absolute atomic E-state index is 13.4. The minimum absolute atomic E-state index is 0.134. The Hall–Kier alpha value is -2.21. The molecule has 2 aromatic carbocycles. The first-order valence-electron chi connectivity index (χ1n) is 11.9. The number of nitrogens with zero attached hydrogens (tertiary/aromatic N) is 1. The third-order valence-corrected chi connectivity index (χ3v) is 7.75. The largest absolute Gasteiger partial charge is 0.481 e. The van der Waals surface area contributed by atoms with Crippen molar-refractivity contribution in [3.63, 3.8) is 0 Å². The first-order chi connectivity index (χ1) is 15.9. The van der Waals surface area contributed by atoms with Crippen LogP contribution < -0.4 is 4.90 Å². The van der Waals surface area contributed by atoms with E-state index >= 15 is 0 Å². The summed E-state index contributed by atoms with van der Waals surface area (Å²) in [7, 11) is 0. The molecule has 1 aliphatic carbocycles. The van der Waals surface area contributed by atoms with Gasteiger partial charge in [-0.2, -0.15) is 13.2 Å². The molecule has 186 valence electrons. The molecule has 1 saturated carbocycles. The first kappa shape index (κ1) is 26.4. The molecule has 4 unspecified atom stereocenters. The number of anilines is 1. The lowest BCUT2D eigenvalue weighted by molar-refractivity contribution is -0.141. The molecule has 1 aliphatic rings. The zero-order chi connectivity index (χ0) is 25.2. The van der Waals surface area contributed by atoms with Crippen molar-refractivity contribution < 1.29 is 23.1 Å². The van der Waals surface area contributed by atoms with Crippen LogP contribution in [0.15, 0.2) is 36.4 Å². The number of rotatable bonds is 8. The Kier molecular flexibility index (Phi) is 8.22. The second-order valence-electron chi connectivity index (χ2n) is 9.60. The highest BCUT2D eigenvalue weighted by molar-refractivity contribution is 6.31. The Morgan fingerprint density at radius 3 is 2.47 bits per heavy atom. The Morgan fingerprint density at radius 1 is 1.18 bits per heavy atom. The highest BCUT2D eigenvalue weighted by Crippen LogP contribution is 2.40. The van der Waals surface area contributed by atoms with Crippen LogP contribution in [0.5, 0.6) is 0 Å². The van der Waals surface area contributed by atoms with Crippen molar-refractivity contribution in [2.24, 2.45) is 17.8 Å². The van der Waals surface area contributed by atoms with Crippen molar-refractivity contribution in [2.45, 2.75) is 65.6 Å². The van der Waals surface area contributed by atoms with Gasteiger partial charge < -0.3 is 10.0 Å². The van der Waals surface area contributed by atoms with Crippen LogP contribution in [-0.4, -0.2) is 17.6 Å². The van der Waals surface area contributed by atoms with Crippen molar-refractivity contribution in [2.75, 3.05) is 11.4 Å². The molecule has 2 aromatic rings. The first-order valence-corrected chi connectivity index (χ1v) is 12.3. The van der Waals surface area contributed by atoms with Gasteiger partial charge in [-0.15, -0.1) is 0 Å². The third kappa shape index (κ3) is 5.88. The molecule has 0 aromatic heterocycles. The van der Waals surface area contributed by atoms with Gasteiger partial charge in [-0.25, -0.2) is 0 Å². The number of carboxylic acids is 1. The number of benzene rings is 2. The molecular formula is C27H33ClF3NO2. The van der Waals surface area contributed by atoms with Crippen LogP contribution in [0, 0.1) is 24.7 Å². The fourth-order valence-corrected chi connectivity index (χ4v) is 5.44. The van der Waals surface area contributed by atoms with Crippen molar-refractivity contribution >= 4 is 23.3 Å². The molecule has 34 heavy (non-hydrogen) atoms. The summed E-state index contributed by atoms with van der Waals surface area (Å²) in [6.45, 7) is 8.72. The molecule has 0 saturated heterocycles. The van der Waals surface area contributed by atoms with Crippen LogP contribution in [0.2, 0.25) is 5.02 Å². The minimum atomic E-state index is -4.51. The molecular weight excluding hydrogens is 463 g/mol. The van der Waals surface area contributed by atoms with Gasteiger partial charge in [0.15, 0.2) is 0 Å². The van der Waals surface area contributed by atoms with Crippen molar-refractivity contribution in [1.29, 1.82) is 0 Å². The number of carbonyl (C=O) groups is 1. The second kappa shape index (κ2) is 10.6. The lowest BCUT2D eigenvalue weighted by Gasteiger charge is -2.32. The zero-order valence-corrected chi connectivity index (χ0v) is 20.9. The Balaban J connectivity index is 1.82. The SMILES string of the molecule is CCN(c1ccc(Cl)c(C(F)(F)F)c1)C(C)c1ccc(C)c(CC(C)C2CCC(C(=O)O)C2)c1. The highest BCUT2D eigenvalue weighted by Gasteiger charge is 2.34. The second-order valence-corrected chi connectivity index (χ2v) is 10.0. The molecule has 7 heteroatoms. The number of hydrogen-bond donors (Lipinski definition) is 1. The Labute approximate surface area is 204 Å². The fraction of sp³-hybridized carbons (Fsp3) is 0.519. The van der Waals surface area contributed by atoms with Gasteiger partial charge >= 0.3 is 12.1 Å². The molecule has 0 radical (unpaired) electrons. The number of aliphatic carboxylic acids is 1. The van der Waals surface area contributed by atoms with E-state index in [0.717, 1.165) is 37.3 Å². The summed E-state index contributed by atoms with van der Waals surface area (Å²) in [6.07, 6.45) is -1.24. The smallest absolute Gasteiger partial charge is 0.417 e. The van der Waals surface area contributed by atoms with E-state index in [2.05, 4.69) is 26.0 Å². The van der Waals surface area contributed by atoms with E-state index in [9.17, 15) is 23.1 Å². The number of halogens is 4. The molecule has 0 bridgehead atoms. The van der Waals surface area contributed by atoms with Crippen LogP contribution in [0.25, 0.3) is 0 Å². The zero-order valence-electron chi connectivity index (χ0n) is 20.1. The Bertz CT molecular complexity index is 1020. The van der Waals surface area contributed by atoms with Crippen molar-refractivity contribution in [1.82, 2.24) is 0 Å². The van der Waals surface area contributed by atoms with E-state index in [1.165, 1.54) is 17.2 Å². The topological polar surface area (TPSA) is 40.5 Å². The molecule has 0 amide bonds. The van der Waals surface area contributed by atoms with Crippen LogP contribution in [0.3, 0.4) is 0 Å². The molecule has 1 N–H and O–H groups in total. The monoisotopic (exact) mass is 495 g/mol. The summed E-state index contributed by atoms with van der Waals surface area (Å²) < 4.78 is 40.2. The van der Waals surface area contributed by atoms with Gasteiger partial charge in [-0.3, -0.25) is 4.79 Å². The van der Waals surface area contributed by atoms with Crippen LogP contribution in [0.1, 0.15) is 68.3 Å². The average molecular weight is 496 g/mol. The molecule has 1 fully saturated rings. The lowest BCUT2D eigenvalue weighted by atomic mass is 9.84.